The van der Waals surface area contributed by atoms with E-state index in [0.29, 0.717) is 5.69 Å². The van der Waals surface area contributed by atoms with Gasteiger partial charge >= 0.3 is 0 Å². The van der Waals surface area contributed by atoms with Gasteiger partial charge in [-0.15, -0.1) is 0 Å². The van der Waals surface area contributed by atoms with Gasteiger partial charge in [-0.05, 0) is 29.2 Å². The lowest BCUT2D eigenvalue weighted by Crippen LogP contribution is -2.21. The number of hydrogen-bond acceptors (Lipinski definition) is 5. The van der Waals surface area contributed by atoms with Crippen LogP contribution in [-0.2, 0) is 19.2 Å². The van der Waals surface area contributed by atoms with Gasteiger partial charge in [0.25, 0.3) is 11.8 Å². The van der Waals surface area contributed by atoms with Crippen LogP contribution in [0, 0.1) is 0 Å². The van der Waals surface area contributed by atoms with Crippen molar-refractivity contribution in [2.24, 2.45) is 7.05 Å². The quantitative estimate of drug-likeness (QED) is 0.650. The lowest BCUT2D eigenvalue weighted by Gasteiger charge is -2.19. The van der Waals surface area contributed by atoms with E-state index in [1.54, 1.807) is 25.5 Å². The third-order valence-corrected chi connectivity index (χ3v) is 4.48. The molecule has 9 nitrogen and oxygen atoms in total. The number of benzene rings is 1. The molecule has 2 amide bonds. The third-order valence-electron chi connectivity index (χ3n) is 4.48. The number of nitrogens with one attached hydrogen (secondary N) is 2. The van der Waals surface area contributed by atoms with Gasteiger partial charge in [-0.2, -0.15) is 10.2 Å². The summed E-state index contributed by atoms with van der Waals surface area (Å²) < 4.78 is 8.72. The van der Waals surface area contributed by atoms with E-state index in [4.69, 9.17) is 4.74 Å². The molecule has 0 radical (unpaired) electrons. The normalized spacial score (nSPS) is 11.2. The van der Waals surface area contributed by atoms with Crippen molar-refractivity contribution in [3.05, 3.63) is 59.7 Å². The van der Waals surface area contributed by atoms with Gasteiger partial charge in [0.1, 0.15) is 5.75 Å². The molecule has 0 fully saturated rings. The molecule has 0 aliphatic heterocycles. The fraction of sp³-hybridized carbons (Fsp3) is 0.333. The predicted molar refractivity (Wildman–Crippen MR) is 113 cm³/mol. The van der Waals surface area contributed by atoms with Crippen molar-refractivity contribution in [2.75, 3.05) is 12.4 Å². The molecule has 0 bridgehead atoms. The van der Waals surface area contributed by atoms with E-state index in [9.17, 15) is 9.59 Å². The predicted octanol–water partition coefficient (Wildman–Crippen LogP) is 2.56. The van der Waals surface area contributed by atoms with Gasteiger partial charge in [0, 0.05) is 26.5 Å². The summed E-state index contributed by atoms with van der Waals surface area (Å²) >= 11 is 0. The second-order valence-electron chi connectivity index (χ2n) is 7.89. The summed E-state index contributed by atoms with van der Waals surface area (Å²) in [6.45, 7) is 6.63. The van der Waals surface area contributed by atoms with E-state index in [1.807, 2.05) is 24.3 Å². The highest BCUT2D eigenvalue weighted by molar-refractivity contribution is 6.07. The van der Waals surface area contributed by atoms with Crippen LogP contribution in [0.4, 0.5) is 5.69 Å². The molecule has 0 aliphatic rings. The van der Waals surface area contributed by atoms with Gasteiger partial charge in [0.05, 0.1) is 5.69 Å². The van der Waals surface area contributed by atoms with E-state index in [0.717, 1.165) is 5.75 Å². The molecule has 30 heavy (non-hydrogen) atoms. The number of aromatic nitrogens is 4. The van der Waals surface area contributed by atoms with Crippen LogP contribution >= 0.6 is 0 Å². The molecule has 3 aromatic rings. The van der Waals surface area contributed by atoms with Gasteiger partial charge < -0.3 is 15.4 Å². The molecule has 0 saturated carbocycles. The molecule has 0 unspecified atom stereocenters. The standard InChI is InChI=1S/C21H26N6O3/c1-21(2,3)14-6-8-15(9-7-14)30-13-27-11-10-16(24-27)19(28)23-17-12-26(5)25-18(17)20(29)22-4/h6-12H,13H2,1-5H3,(H,22,29)(H,23,28). The highest BCUT2D eigenvalue weighted by atomic mass is 16.5. The van der Waals surface area contributed by atoms with Gasteiger partial charge in [-0.3, -0.25) is 14.3 Å². The first-order valence-corrected chi connectivity index (χ1v) is 9.51. The van der Waals surface area contributed by atoms with Crippen molar-refractivity contribution in [3.8, 4) is 5.75 Å². The number of rotatable bonds is 6. The zero-order valence-electron chi connectivity index (χ0n) is 17.8. The third kappa shape index (κ3) is 4.86. The minimum absolute atomic E-state index is 0.0781. The minimum Gasteiger partial charge on any atom is -0.471 e. The van der Waals surface area contributed by atoms with Crippen molar-refractivity contribution in [3.63, 3.8) is 0 Å². The maximum atomic E-state index is 12.5. The molecular formula is C21H26N6O3. The van der Waals surface area contributed by atoms with E-state index >= 15 is 0 Å². The van der Waals surface area contributed by atoms with Crippen LogP contribution in [0.5, 0.6) is 5.75 Å². The smallest absolute Gasteiger partial charge is 0.276 e. The van der Waals surface area contributed by atoms with Gasteiger partial charge in [0.2, 0.25) is 0 Å². The van der Waals surface area contributed by atoms with Crippen LogP contribution in [0.2, 0.25) is 0 Å². The molecule has 3 rings (SSSR count). The van der Waals surface area contributed by atoms with E-state index in [2.05, 4.69) is 41.6 Å². The summed E-state index contributed by atoms with van der Waals surface area (Å²) in [5.74, 6) is -0.112. The number of hydrogen-bond donors (Lipinski definition) is 2. The first kappa shape index (κ1) is 21.1. The number of aryl methyl sites for hydroxylation is 1. The molecule has 2 heterocycles. The average molecular weight is 410 g/mol. The molecule has 0 spiro atoms. The number of carbonyl (C=O) groups is 2. The maximum absolute atomic E-state index is 12.5. The Labute approximate surface area is 175 Å². The zero-order valence-corrected chi connectivity index (χ0v) is 17.8. The summed E-state index contributed by atoms with van der Waals surface area (Å²) in [7, 11) is 3.17. The number of nitrogens with zero attached hydrogens (tertiary/aromatic N) is 4. The Kier molecular flexibility index (Phi) is 5.91. The van der Waals surface area contributed by atoms with E-state index in [-0.39, 0.29) is 29.4 Å². The molecule has 0 atom stereocenters. The van der Waals surface area contributed by atoms with Crippen LogP contribution in [0.3, 0.4) is 0 Å². The average Bonchev–Trinajstić information content (AvgIpc) is 3.32. The summed E-state index contributed by atoms with van der Waals surface area (Å²) in [5, 5.41) is 13.5. The van der Waals surface area contributed by atoms with Gasteiger partial charge in [0.15, 0.2) is 18.1 Å². The largest absolute Gasteiger partial charge is 0.471 e. The van der Waals surface area contributed by atoms with Crippen molar-refractivity contribution in [1.29, 1.82) is 0 Å². The van der Waals surface area contributed by atoms with Crippen LogP contribution < -0.4 is 15.4 Å². The maximum Gasteiger partial charge on any atom is 0.276 e. The topological polar surface area (TPSA) is 103 Å². The van der Waals surface area contributed by atoms with E-state index in [1.165, 1.54) is 22.0 Å². The van der Waals surface area contributed by atoms with Crippen molar-refractivity contribution >= 4 is 17.5 Å². The first-order valence-electron chi connectivity index (χ1n) is 9.51. The monoisotopic (exact) mass is 410 g/mol. The van der Waals surface area contributed by atoms with Crippen LogP contribution in [0.1, 0.15) is 47.3 Å². The minimum atomic E-state index is -0.443. The van der Waals surface area contributed by atoms with E-state index < -0.39 is 5.91 Å². The summed E-state index contributed by atoms with van der Waals surface area (Å²) in [5.41, 5.74) is 1.95. The Bertz CT molecular complexity index is 1040. The lowest BCUT2D eigenvalue weighted by atomic mass is 9.87. The lowest BCUT2D eigenvalue weighted by molar-refractivity contribution is 0.0958. The highest BCUT2D eigenvalue weighted by Crippen LogP contribution is 2.24. The van der Waals surface area contributed by atoms with Crippen LogP contribution in [-0.4, -0.2) is 38.4 Å². The Morgan fingerprint density at radius 1 is 1.07 bits per heavy atom. The Morgan fingerprint density at radius 2 is 1.77 bits per heavy atom. The molecular weight excluding hydrogens is 384 g/mol. The molecule has 2 N–H and O–H groups in total. The number of anilines is 1. The second kappa shape index (κ2) is 8.40. The fourth-order valence-electron chi connectivity index (χ4n) is 2.80. The zero-order chi connectivity index (χ0) is 21.9. The Morgan fingerprint density at radius 3 is 2.40 bits per heavy atom. The Hall–Kier alpha value is -3.62. The molecule has 158 valence electrons. The summed E-state index contributed by atoms with van der Waals surface area (Å²) in [6, 6.07) is 9.49. The first-order chi connectivity index (χ1) is 14.2. The fourth-order valence-corrected chi connectivity index (χ4v) is 2.80. The molecule has 2 aromatic heterocycles. The number of carbonyl (C=O) groups excluding carboxylic acids is 2. The van der Waals surface area contributed by atoms with Crippen molar-refractivity contribution in [2.45, 2.75) is 32.9 Å². The molecule has 9 heteroatoms. The summed E-state index contributed by atoms with van der Waals surface area (Å²) in [6.07, 6.45) is 3.21. The number of ether oxygens (including phenoxy) is 1. The van der Waals surface area contributed by atoms with Crippen molar-refractivity contribution < 1.29 is 14.3 Å². The number of amides is 2. The molecule has 0 saturated heterocycles. The SMILES string of the molecule is CNC(=O)c1nn(C)cc1NC(=O)c1ccn(COc2ccc(C(C)(C)C)cc2)n1. The highest BCUT2D eigenvalue weighted by Gasteiger charge is 2.19. The molecule has 1 aromatic carbocycles. The van der Waals surface area contributed by atoms with Gasteiger partial charge in [-0.25, -0.2) is 4.68 Å². The second-order valence-corrected chi connectivity index (χ2v) is 7.89. The molecule has 0 aliphatic carbocycles. The van der Waals surface area contributed by atoms with Gasteiger partial charge in [-0.1, -0.05) is 32.9 Å². The van der Waals surface area contributed by atoms with Crippen molar-refractivity contribution in [1.82, 2.24) is 24.9 Å². The van der Waals surface area contributed by atoms with Crippen LogP contribution in [0.25, 0.3) is 0 Å². The van der Waals surface area contributed by atoms with Crippen LogP contribution in [0.15, 0.2) is 42.7 Å². The summed E-state index contributed by atoms with van der Waals surface area (Å²) in [4.78, 5) is 24.4. The Balaban J connectivity index is 1.62.